The van der Waals surface area contributed by atoms with Crippen molar-refractivity contribution in [2.75, 3.05) is 26.9 Å². The van der Waals surface area contributed by atoms with Gasteiger partial charge in [0.25, 0.3) is 5.56 Å². The van der Waals surface area contributed by atoms with Gasteiger partial charge < -0.3 is 29.1 Å². The zero-order valence-electron chi connectivity index (χ0n) is 23.1. The van der Waals surface area contributed by atoms with E-state index >= 15 is 0 Å². The lowest BCUT2D eigenvalue weighted by Crippen LogP contribution is -2.43. The van der Waals surface area contributed by atoms with Gasteiger partial charge in [0.1, 0.15) is 18.0 Å². The standard InChI is InChI=1S/C29H40N4O5/c1-18(2)26(29(35)38-20(4)17-36-5)30-14-22-6-7-25-24(13-22)32-27(23-12-19(3)28(34)31-15-23)33(25)16-21-8-10-37-11-9-21/h6-7,12-13,15,18,20-21,26,30H,8-11,14,16-17H2,1-5H3,(H,31,34)/t20-,26?/m1/s1. The molecule has 4 rings (SSSR count). The maximum absolute atomic E-state index is 12.8. The van der Waals surface area contributed by atoms with Crippen molar-refractivity contribution in [1.82, 2.24) is 19.9 Å². The number of aryl methyl sites for hydroxylation is 1. The number of ether oxygens (including phenoxy) is 3. The van der Waals surface area contributed by atoms with Gasteiger partial charge in [-0.05, 0) is 62.3 Å². The zero-order chi connectivity index (χ0) is 27.2. The topological polar surface area (TPSA) is 107 Å². The van der Waals surface area contributed by atoms with E-state index in [1.165, 1.54) is 0 Å². The number of aromatic nitrogens is 3. The van der Waals surface area contributed by atoms with Gasteiger partial charge in [0, 0.05) is 50.7 Å². The molecule has 2 aromatic heterocycles. The number of carbonyl (C=O) groups excluding carboxylic acids is 1. The molecular formula is C29H40N4O5. The highest BCUT2D eigenvalue weighted by atomic mass is 16.6. The van der Waals surface area contributed by atoms with Gasteiger partial charge in [-0.2, -0.15) is 0 Å². The van der Waals surface area contributed by atoms with E-state index in [9.17, 15) is 9.59 Å². The van der Waals surface area contributed by atoms with Crippen LogP contribution in [0.5, 0.6) is 0 Å². The second kappa shape index (κ2) is 12.7. The normalized spacial score (nSPS) is 16.2. The maximum atomic E-state index is 12.8. The third-order valence-electron chi connectivity index (χ3n) is 7.11. The number of benzene rings is 1. The molecule has 1 aliphatic rings. The molecule has 3 heterocycles. The molecule has 3 aromatic rings. The van der Waals surface area contributed by atoms with E-state index in [0.717, 1.165) is 60.6 Å². The lowest BCUT2D eigenvalue weighted by molar-refractivity contribution is -0.154. The first-order valence-corrected chi connectivity index (χ1v) is 13.5. The average molecular weight is 525 g/mol. The minimum atomic E-state index is -0.434. The van der Waals surface area contributed by atoms with Crippen molar-refractivity contribution >= 4 is 17.0 Å². The number of esters is 1. The summed E-state index contributed by atoms with van der Waals surface area (Å²) in [5.74, 6) is 1.13. The fourth-order valence-corrected chi connectivity index (χ4v) is 4.96. The number of rotatable bonds is 11. The Balaban J connectivity index is 1.60. The number of H-pyrrole nitrogens is 1. The molecule has 2 atom stereocenters. The summed E-state index contributed by atoms with van der Waals surface area (Å²) in [6, 6.07) is 7.71. The Morgan fingerprint density at radius 3 is 2.68 bits per heavy atom. The molecule has 1 fully saturated rings. The minimum Gasteiger partial charge on any atom is -0.459 e. The van der Waals surface area contributed by atoms with E-state index in [4.69, 9.17) is 19.2 Å². The number of nitrogens with one attached hydrogen (secondary N) is 2. The second-order valence-corrected chi connectivity index (χ2v) is 10.6. The average Bonchev–Trinajstić information content (AvgIpc) is 3.23. The van der Waals surface area contributed by atoms with Crippen LogP contribution in [0, 0.1) is 18.8 Å². The number of aromatic amines is 1. The molecule has 9 nitrogen and oxygen atoms in total. The fourth-order valence-electron chi connectivity index (χ4n) is 4.96. The molecule has 9 heteroatoms. The van der Waals surface area contributed by atoms with E-state index in [1.807, 2.05) is 33.8 Å². The molecule has 0 radical (unpaired) electrons. The molecule has 1 aliphatic heterocycles. The van der Waals surface area contributed by atoms with E-state index in [1.54, 1.807) is 13.3 Å². The van der Waals surface area contributed by atoms with Crippen LogP contribution in [-0.4, -0.2) is 59.6 Å². The maximum Gasteiger partial charge on any atom is 0.323 e. The van der Waals surface area contributed by atoms with Gasteiger partial charge in [-0.15, -0.1) is 0 Å². The number of nitrogens with zero attached hydrogens (tertiary/aromatic N) is 2. The molecule has 0 amide bonds. The Morgan fingerprint density at radius 1 is 1.24 bits per heavy atom. The van der Waals surface area contributed by atoms with Crippen LogP contribution in [0.15, 0.2) is 35.3 Å². The second-order valence-electron chi connectivity index (χ2n) is 10.6. The van der Waals surface area contributed by atoms with Gasteiger partial charge in [-0.25, -0.2) is 4.98 Å². The number of fused-ring (bicyclic) bond motifs is 1. The number of carbonyl (C=O) groups is 1. The van der Waals surface area contributed by atoms with Crippen molar-refractivity contribution in [3.63, 3.8) is 0 Å². The molecule has 206 valence electrons. The summed E-state index contributed by atoms with van der Waals surface area (Å²) >= 11 is 0. The molecule has 1 unspecified atom stereocenters. The Kier molecular flexibility index (Phi) is 9.35. The van der Waals surface area contributed by atoms with Crippen LogP contribution in [0.3, 0.4) is 0 Å². The van der Waals surface area contributed by atoms with Crippen LogP contribution in [0.1, 0.15) is 44.7 Å². The Labute approximate surface area is 223 Å². The monoisotopic (exact) mass is 524 g/mol. The van der Waals surface area contributed by atoms with Crippen LogP contribution < -0.4 is 10.9 Å². The van der Waals surface area contributed by atoms with Crippen molar-refractivity contribution < 1.29 is 19.0 Å². The first-order chi connectivity index (χ1) is 18.3. The van der Waals surface area contributed by atoms with Crippen LogP contribution in [0.25, 0.3) is 22.4 Å². The van der Waals surface area contributed by atoms with Crippen molar-refractivity contribution in [3.8, 4) is 11.4 Å². The number of pyridine rings is 1. The molecule has 0 spiro atoms. The molecule has 2 N–H and O–H groups in total. The summed E-state index contributed by atoms with van der Waals surface area (Å²) in [4.78, 5) is 32.6. The van der Waals surface area contributed by atoms with Crippen LogP contribution in [0.2, 0.25) is 0 Å². The lowest BCUT2D eigenvalue weighted by Gasteiger charge is -2.24. The Hall–Kier alpha value is -3.01. The van der Waals surface area contributed by atoms with Gasteiger partial charge in [-0.1, -0.05) is 19.9 Å². The highest BCUT2D eigenvalue weighted by molar-refractivity contribution is 5.81. The van der Waals surface area contributed by atoms with Gasteiger partial charge in [0.15, 0.2) is 0 Å². The summed E-state index contributed by atoms with van der Waals surface area (Å²) in [5.41, 5.74) is 4.41. The predicted molar refractivity (Wildman–Crippen MR) is 147 cm³/mol. The summed E-state index contributed by atoms with van der Waals surface area (Å²) in [6.45, 7) is 10.9. The Bertz CT molecular complexity index is 1290. The summed E-state index contributed by atoms with van der Waals surface area (Å²) in [7, 11) is 1.59. The summed E-state index contributed by atoms with van der Waals surface area (Å²) in [5, 5.41) is 3.38. The largest absolute Gasteiger partial charge is 0.459 e. The smallest absolute Gasteiger partial charge is 0.323 e. The molecule has 0 aliphatic carbocycles. The van der Waals surface area contributed by atoms with Gasteiger partial charge in [0.2, 0.25) is 0 Å². The molecule has 0 saturated carbocycles. The van der Waals surface area contributed by atoms with E-state index in [0.29, 0.717) is 24.6 Å². The van der Waals surface area contributed by atoms with Crippen LogP contribution in [0.4, 0.5) is 0 Å². The lowest BCUT2D eigenvalue weighted by atomic mass is 10.00. The first kappa shape index (κ1) is 28.0. The molecule has 1 saturated heterocycles. The van der Waals surface area contributed by atoms with Crippen molar-refractivity contribution in [2.24, 2.45) is 11.8 Å². The fraction of sp³-hybridized carbons (Fsp3) is 0.552. The predicted octanol–water partition coefficient (Wildman–Crippen LogP) is 3.82. The molecule has 1 aromatic carbocycles. The van der Waals surface area contributed by atoms with Crippen molar-refractivity contribution in [1.29, 1.82) is 0 Å². The molecule has 0 bridgehead atoms. The van der Waals surface area contributed by atoms with Gasteiger partial charge in [0.05, 0.1) is 17.6 Å². The number of methoxy groups -OCH3 is 1. The summed E-state index contributed by atoms with van der Waals surface area (Å²) in [6.07, 6.45) is 3.47. The zero-order valence-corrected chi connectivity index (χ0v) is 23.1. The number of hydrogen-bond donors (Lipinski definition) is 2. The molecule has 38 heavy (non-hydrogen) atoms. The van der Waals surface area contributed by atoms with Crippen LogP contribution >= 0.6 is 0 Å². The van der Waals surface area contributed by atoms with E-state index in [-0.39, 0.29) is 23.6 Å². The summed E-state index contributed by atoms with van der Waals surface area (Å²) < 4.78 is 18.5. The third-order valence-corrected chi connectivity index (χ3v) is 7.11. The van der Waals surface area contributed by atoms with Gasteiger partial charge >= 0.3 is 5.97 Å². The van der Waals surface area contributed by atoms with E-state index in [2.05, 4.69) is 33.1 Å². The highest BCUT2D eigenvalue weighted by Gasteiger charge is 2.25. The van der Waals surface area contributed by atoms with Gasteiger partial charge in [-0.3, -0.25) is 9.59 Å². The third kappa shape index (κ3) is 6.70. The van der Waals surface area contributed by atoms with Crippen LogP contribution in [-0.2, 0) is 32.1 Å². The number of hydrogen-bond acceptors (Lipinski definition) is 7. The SMILES string of the molecule is COC[C@@H](C)OC(=O)C(NCc1ccc2c(c1)nc(-c1c[nH]c(=O)c(C)c1)n2CC1CCOCC1)C(C)C. The quantitative estimate of drug-likeness (QED) is 0.367. The first-order valence-electron chi connectivity index (χ1n) is 13.5. The van der Waals surface area contributed by atoms with Crippen molar-refractivity contribution in [2.45, 2.75) is 65.8 Å². The molecular weight excluding hydrogens is 484 g/mol. The van der Waals surface area contributed by atoms with E-state index < -0.39 is 6.04 Å². The number of imidazole rings is 1. The minimum absolute atomic E-state index is 0.0646. The highest BCUT2D eigenvalue weighted by Crippen LogP contribution is 2.28. The van der Waals surface area contributed by atoms with Crippen molar-refractivity contribution in [3.05, 3.63) is 51.9 Å². The Morgan fingerprint density at radius 2 is 2.00 bits per heavy atom.